The summed E-state index contributed by atoms with van der Waals surface area (Å²) in [7, 11) is 0. The molecule has 5 nitrogen and oxygen atoms in total. The van der Waals surface area contributed by atoms with E-state index < -0.39 is 0 Å². The molecule has 0 aliphatic rings. The molecule has 0 spiro atoms. The summed E-state index contributed by atoms with van der Waals surface area (Å²) in [6, 6.07) is 20.3. The van der Waals surface area contributed by atoms with Crippen molar-refractivity contribution in [3.63, 3.8) is 0 Å². The smallest absolute Gasteiger partial charge is 0.253 e. The lowest BCUT2D eigenvalue weighted by Crippen LogP contribution is -2.23. The van der Waals surface area contributed by atoms with E-state index in [2.05, 4.69) is 34.7 Å². The van der Waals surface area contributed by atoms with E-state index in [1.165, 1.54) is 5.56 Å². The molecule has 0 radical (unpaired) electrons. The predicted octanol–water partition coefficient (Wildman–Crippen LogP) is 4.91. The van der Waals surface area contributed by atoms with Gasteiger partial charge in [0.25, 0.3) is 5.91 Å². The Balaban J connectivity index is 0.000000771. The quantitative estimate of drug-likeness (QED) is 0.435. The molecule has 0 bridgehead atoms. The Morgan fingerprint density at radius 1 is 1.03 bits per heavy atom. The molecule has 0 fully saturated rings. The van der Waals surface area contributed by atoms with E-state index in [-0.39, 0.29) is 5.91 Å². The molecule has 4 N–H and O–H groups in total. The second-order valence-corrected chi connectivity index (χ2v) is 6.29. The van der Waals surface area contributed by atoms with Crippen LogP contribution in [0.2, 0.25) is 0 Å². The van der Waals surface area contributed by atoms with Crippen molar-refractivity contribution < 1.29 is 4.79 Å². The molecule has 3 aromatic rings. The summed E-state index contributed by atoms with van der Waals surface area (Å²) >= 11 is 0. The number of amides is 1. The molecule has 0 atom stereocenters. The summed E-state index contributed by atoms with van der Waals surface area (Å²) < 4.78 is 2.11. The van der Waals surface area contributed by atoms with Gasteiger partial charge in [0.05, 0.1) is 11.9 Å². The fourth-order valence-electron chi connectivity index (χ4n) is 2.95. The summed E-state index contributed by atoms with van der Waals surface area (Å²) in [6.45, 7) is 10.6. The zero-order chi connectivity index (χ0) is 21.8. The van der Waals surface area contributed by atoms with E-state index in [4.69, 9.17) is 5.41 Å². The number of carbonyl (C=O) groups is 1. The largest absolute Gasteiger partial charge is 0.390 e. The summed E-state index contributed by atoms with van der Waals surface area (Å²) in [4.78, 5) is 12.6. The van der Waals surface area contributed by atoms with Gasteiger partial charge in [-0.3, -0.25) is 10.2 Å². The fourth-order valence-corrected chi connectivity index (χ4v) is 2.95. The van der Waals surface area contributed by atoms with Crippen LogP contribution < -0.4 is 11.1 Å². The first-order valence-electron chi connectivity index (χ1n) is 9.76. The minimum absolute atomic E-state index is 0.0362. The lowest BCUT2D eigenvalue weighted by molar-refractivity contribution is 0.0950. The number of nitrogens with zero attached hydrogens (tertiary/aromatic N) is 1. The van der Waals surface area contributed by atoms with Crippen molar-refractivity contribution >= 4 is 12.2 Å². The van der Waals surface area contributed by atoms with Gasteiger partial charge in [-0.1, -0.05) is 61.9 Å². The van der Waals surface area contributed by atoms with Crippen molar-refractivity contribution in [2.75, 3.05) is 0 Å². The van der Waals surface area contributed by atoms with Gasteiger partial charge in [0.15, 0.2) is 0 Å². The first kappa shape index (κ1) is 23.7. The summed E-state index contributed by atoms with van der Waals surface area (Å²) in [5, 5.41) is 8.88. The van der Waals surface area contributed by atoms with Crippen molar-refractivity contribution in [2.24, 2.45) is 5.73 Å². The van der Waals surface area contributed by atoms with Crippen LogP contribution in [0.5, 0.6) is 0 Å². The maximum Gasteiger partial charge on any atom is 0.253 e. The number of carbonyl (C=O) groups excluding carboxylic acids is 1. The second kappa shape index (κ2) is 12.2. The van der Waals surface area contributed by atoms with E-state index >= 15 is 0 Å². The fraction of sp³-hybridized carbons (Fsp3) is 0.250. The number of nitrogens with one attached hydrogen (secondary N) is 2. The minimum Gasteiger partial charge on any atom is -0.390 e. The number of aryl methyl sites for hydroxylation is 2. The molecule has 5 heteroatoms. The van der Waals surface area contributed by atoms with Crippen molar-refractivity contribution in [2.45, 2.75) is 41.2 Å². The highest BCUT2D eigenvalue weighted by Gasteiger charge is 2.16. The Morgan fingerprint density at radius 2 is 1.59 bits per heavy atom. The molecule has 0 saturated carbocycles. The van der Waals surface area contributed by atoms with Crippen LogP contribution in [-0.2, 0) is 6.54 Å². The number of para-hydroxylation sites is 1. The summed E-state index contributed by atoms with van der Waals surface area (Å²) in [5.41, 5.74) is 10.5. The molecule has 1 heterocycles. The molecule has 1 aromatic heterocycles. The Hall–Kier alpha value is -3.34. The third-order valence-electron chi connectivity index (χ3n) is 4.26. The zero-order valence-corrected chi connectivity index (χ0v) is 18.0. The normalized spacial score (nSPS) is 9.41. The molecule has 0 unspecified atom stereocenters. The van der Waals surface area contributed by atoms with Gasteiger partial charge >= 0.3 is 0 Å². The third-order valence-corrected chi connectivity index (χ3v) is 4.26. The zero-order valence-electron chi connectivity index (χ0n) is 18.0. The molecular formula is C24H32N4O. The van der Waals surface area contributed by atoms with Crippen molar-refractivity contribution in [1.82, 2.24) is 9.88 Å². The molecule has 0 saturated heterocycles. The van der Waals surface area contributed by atoms with Gasteiger partial charge in [0.1, 0.15) is 0 Å². The number of hydrogen-bond donors (Lipinski definition) is 3. The highest BCUT2D eigenvalue weighted by Crippen LogP contribution is 2.20. The summed E-state index contributed by atoms with van der Waals surface area (Å²) in [5.74, 6) is -0.0362. The summed E-state index contributed by atoms with van der Waals surface area (Å²) in [6.07, 6.45) is 0.750. The highest BCUT2D eigenvalue weighted by atomic mass is 16.1. The number of hydrogen-bond acceptors (Lipinski definition) is 2. The Bertz CT molecular complexity index is 897. The Morgan fingerprint density at radius 3 is 2.14 bits per heavy atom. The van der Waals surface area contributed by atoms with E-state index in [0.29, 0.717) is 6.54 Å². The lowest BCUT2D eigenvalue weighted by Gasteiger charge is -2.10. The van der Waals surface area contributed by atoms with Gasteiger partial charge in [0.2, 0.25) is 0 Å². The van der Waals surface area contributed by atoms with Crippen molar-refractivity contribution in [3.05, 3.63) is 88.7 Å². The highest BCUT2D eigenvalue weighted by molar-refractivity contribution is 5.95. The predicted molar refractivity (Wildman–Crippen MR) is 122 cm³/mol. The van der Waals surface area contributed by atoms with Gasteiger partial charge in [0, 0.05) is 23.6 Å². The number of nitrogens with two attached hydrogens (primary N) is 1. The maximum atomic E-state index is 12.6. The van der Waals surface area contributed by atoms with Crippen LogP contribution in [0.1, 0.15) is 46.7 Å². The molecule has 2 aromatic carbocycles. The van der Waals surface area contributed by atoms with E-state index in [1.54, 1.807) is 0 Å². The molecule has 1 amide bonds. The van der Waals surface area contributed by atoms with Gasteiger partial charge in [-0.2, -0.15) is 0 Å². The molecular weight excluding hydrogens is 360 g/mol. The van der Waals surface area contributed by atoms with Crippen LogP contribution in [0.4, 0.5) is 0 Å². The first-order valence-corrected chi connectivity index (χ1v) is 9.76. The Kier molecular flexibility index (Phi) is 9.96. The van der Waals surface area contributed by atoms with Gasteiger partial charge in [-0.25, -0.2) is 0 Å². The van der Waals surface area contributed by atoms with Crippen LogP contribution in [-0.4, -0.2) is 16.8 Å². The average Bonchev–Trinajstić information content (AvgIpc) is 3.04. The van der Waals surface area contributed by atoms with Gasteiger partial charge < -0.3 is 15.6 Å². The molecule has 154 valence electrons. The van der Waals surface area contributed by atoms with E-state index in [0.717, 1.165) is 34.5 Å². The van der Waals surface area contributed by atoms with Crippen LogP contribution in [0, 0.1) is 26.2 Å². The van der Waals surface area contributed by atoms with Gasteiger partial charge in [-0.15, -0.1) is 0 Å². The second-order valence-electron chi connectivity index (χ2n) is 6.29. The molecule has 29 heavy (non-hydrogen) atoms. The Labute approximate surface area is 174 Å². The molecule has 3 rings (SSSR count). The number of benzene rings is 2. The average molecular weight is 393 g/mol. The maximum absolute atomic E-state index is 12.6. The SMILES string of the molecule is CC.Cc1ccc(CNC(=O)c2cc(C)n(-c3ccccc3)c2C)cc1.N=CN. The van der Waals surface area contributed by atoms with Gasteiger partial charge in [-0.05, 0) is 44.5 Å². The molecule has 0 aliphatic heterocycles. The van der Waals surface area contributed by atoms with E-state index in [1.807, 2.05) is 76.2 Å². The number of rotatable bonds is 4. The van der Waals surface area contributed by atoms with Crippen LogP contribution in [0.25, 0.3) is 5.69 Å². The van der Waals surface area contributed by atoms with Crippen LogP contribution in [0.15, 0.2) is 60.7 Å². The lowest BCUT2D eigenvalue weighted by atomic mass is 10.1. The van der Waals surface area contributed by atoms with Crippen molar-refractivity contribution in [1.29, 1.82) is 5.41 Å². The minimum atomic E-state index is -0.0362. The molecule has 0 aliphatic carbocycles. The van der Waals surface area contributed by atoms with Crippen molar-refractivity contribution in [3.8, 4) is 5.69 Å². The number of aromatic nitrogens is 1. The van der Waals surface area contributed by atoms with Crippen LogP contribution >= 0.6 is 0 Å². The third kappa shape index (κ3) is 6.64. The van der Waals surface area contributed by atoms with E-state index in [9.17, 15) is 4.79 Å². The monoisotopic (exact) mass is 392 g/mol. The van der Waals surface area contributed by atoms with Crippen LogP contribution in [0.3, 0.4) is 0 Å². The first-order chi connectivity index (χ1) is 14.0. The topological polar surface area (TPSA) is 83.9 Å². The standard InChI is InChI=1S/C21H22N2O.C2H6.CH4N2/c1-15-9-11-18(12-10-15)14-22-21(24)20-13-16(2)23(17(20)3)19-7-5-4-6-8-19;1-2;2-1-3/h4-13H,14H2,1-3H3,(H,22,24);1-2H3;1H,(H3,2,3).